The molecule has 0 saturated heterocycles. The molecule has 0 radical (unpaired) electrons. The summed E-state index contributed by atoms with van der Waals surface area (Å²) in [7, 11) is 0. The SMILES string of the molecule is Sc1ccc(N(c2ccc3c(c2)c2ccccc2n3-c2ccccc2)c2ccccc2-c2ccc3ccccc3c2)cc1-c1ccccc1. The van der Waals surface area contributed by atoms with Gasteiger partial charge in [-0.05, 0) is 94.2 Å². The van der Waals surface area contributed by atoms with E-state index in [1.807, 2.05) is 0 Å². The third kappa shape index (κ3) is 5.16. The average Bonchev–Trinajstić information content (AvgIpc) is 3.50. The van der Waals surface area contributed by atoms with Gasteiger partial charge in [0.1, 0.15) is 0 Å². The summed E-state index contributed by atoms with van der Waals surface area (Å²) in [6, 6.07) is 67.4. The molecule has 1 aromatic heterocycles. The molecule has 0 spiro atoms. The van der Waals surface area contributed by atoms with E-state index in [-0.39, 0.29) is 0 Å². The van der Waals surface area contributed by atoms with Crippen molar-refractivity contribution in [1.29, 1.82) is 0 Å². The van der Waals surface area contributed by atoms with Gasteiger partial charge in [0.05, 0.1) is 16.7 Å². The predicted octanol–water partition coefficient (Wildman–Crippen LogP) is 13.0. The van der Waals surface area contributed by atoms with Gasteiger partial charge in [0.25, 0.3) is 0 Å². The Balaban J connectivity index is 1.30. The fraction of sp³-hybridized carbons (Fsp3) is 0. The highest BCUT2D eigenvalue weighted by atomic mass is 32.1. The van der Waals surface area contributed by atoms with E-state index < -0.39 is 0 Å². The molecule has 0 amide bonds. The fourth-order valence-corrected chi connectivity index (χ4v) is 7.43. The summed E-state index contributed by atoms with van der Waals surface area (Å²) in [5.74, 6) is 0. The molecule has 0 bridgehead atoms. The fourth-order valence-electron chi connectivity index (χ4n) is 7.16. The first kappa shape index (κ1) is 29.1. The maximum absolute atomic E-state index is 4.92. The Labute approximate surface area is 291 Å². The van der Waals surface area contributed by atoms with Crippen molar-refractivity contribution in [1.82, 2.24) is 4.57 Å². The molecule has 0 fully saturated rings. The van der Waals surface area contributed by atoms with Gasteiger partial charge in [0, 0.05) is 38.3 Å². The van der Waals surface area contributed by atoms with E-state index in [1.54, 1.807) is 0 Å². The number of hydrogen-bond acceptors (Lipinski definition) is 2. The molecule has 9 aromatic rings. The second kappa shape index (κ2) is 12.2. The summed E-state index contributed by atoms with van der Waals surface area (Å²) in [6.07, 6.45) is 0. The van der Waals surface area contributed by atoms with Crippen LogP contribution in [0.1, 0.15) is 0 Å². The molecule has 3 heteroatoms. The first-order chi connectivity index (χ1) is 24.2. The van der Waals surface area contributed by atoms with E-state index in [1.165, 1.54) is 38.1 Å². The monoisotopic (exact) mass is 644 g/mol. The van der Waals surface area contributed by atoms with Crippen LogP contribution < -0.4 is 4.90 Å². The molecule has 0 saturated carbocycles. The topological polar surface area (TPSA) is 8.17 Å². The van der Waals surface area contributed by atoms with Crippen LogP contribution in [0.25, 0.3) is 60.5 Å². The minimum atomic E-state index is 0.944. The predicted molar refractivity (Wildman–Crippen MR) is 211 cm³/mol. The normalized spacial score (nSPS) is 11.4. The second-order valence-corrected chi connectivity index (χ2v) is 12.9. The van der Waals surface area contributed by atoms with Crippen molar-refractivity contribution in [3.05, 3.63) is 188 Å². The third-order valence-electron chi connectivity index (χ3n) is 9.46. The van der Waals surface area contributed by atoms with E-state index >= 15 is 0 Å². The summed E-state index contributed by atoms with van der Waals surface area (Å²) >= 11 is 4.92. The highest BCUT2D eigenvalue weighted by Gasteiger charge is 2.21. The van der Waals surface area contributed by atoms with Gasteiger partial charge in [-0.3, -0.25) is 0 Å². The zero-order valence-corrected chi connectivity index (χ0v) is 27.6. The van der Waals surface area contributed by atoms with Gasteiger partial charge in [-0.25, -0.2) is 0 Å². The van der Waals surface area contributed by atoms with Crippen LogP contribution in [0, 0.1) is 0 Å². The van der Waals surface area contributed by atoms with E-state index in [4.69, 9.17) is 12.6 Å². The molecule has 8 aromatic carbocycles. The molecular weight excluding hydrogens is 613 g/mol. The van der Waals surface area contributed by atoms with Crippen molar-refractivity contribution in [2.24, 2.45) is 0 Å². The number of para-hydroxylation sites is 3. The van der Waals surface area contributed by atoms with Gasteiger partial charge in [0.15, 0.2) is 0 Å². The first-order valence-corrected chi connectivity index (χ1v) is 17.0. The summed E-state index contributed by atoms with van der Waals surface area (Å²) in [5.41, 5.74) is 11.3. The van der Waals surface area contributed by atoms with Crippen LogP contribution in [0.15, 0.2) is 193 Å². The van der Waals surface area contributed by atoms with Crippen LogP contribution >= 0.6 is 12.6 Å². The second-order valence-electron chi connectivity index (χ2n) is 12.4. The van der Waals surface area contributed by atoms with Gasteiger partial charge < -0.3 is 9.47 Å². The highest BCUT2D eigenvalue weighted by Crippen LogP contribution is 2.45. The first-order valence-electron chi connectivity index (χ1n) is 16.6. The Hall–Kier alpha value is -6.03. The minimum absolute atomic E-state index is 0.944. The van der Waals surface area contributed by atoms with Crippen LogP contribution in [0.2, 0.25) is 0 Å². The van der Waals surface area contributed by atoms with Crippen LogP contribution in [0.5, 0.6) is 0 Å². The number of nitrogens with zero attached hydrogens (tertiary/aromatic N) is 2. The molecule has 0 aliphatic rings. The molecule has 1 heterocycles. The van der Waals surface area contributed by atoms with Crippen molar-refractivity contribution in [2.45, 2.75) is 4.90 Å². The largest absolute Gasteiger partial charge is 0.310 e. The van der Waals surface area contributed by atoms with Crippen molar-refractivity contribution in [3.8, 4) is 27.9 Å². The van der Waals surface area contributed by atoms with Crippen molar-refractivity contribution < 1.29 is 0 Å². The van der Waals surface area contributed by atoms with E-state index in [9.17, 15) is 0 Å². The standard InChI is InChI=1S/C46H32N2S/c49-46-28-26-38(30-41(46)33-14-3-1-4-15-33)47(43-21-11-9-19-39(43)35-24-23-32-13-7-8-16-34(32)29-35)37-25-27-45-42(31-37)40-20-10-12-22-44(40)48(45)36-17-5-2-6-18-36/h1-31,49H. The number of benzene rings is 8. The maximum atomic E-state index is 4.92. The Kier molecular flexibility index (Phi) is 7.26. The molecule has 0 atom stereocenters. The lowest BCUT2D eigenvalue weighted by Crippen LogP contribution is -2.11. The Morgan fingerprint density at radius 2 is 1.06 bits per heavy atom. The van der Waals surface area contributed by atoms with Gasteiger partial charge >= 0.3 is 0 Å². The lowest BCUT2D eigenvalue weighted by molar-refractivity contribution is 1.18. The number of rotatable bonds is 6. The molecule has 2 nitrogen and oxygen atoms in total. The quantitative estimate of drug-likeness (QED) is 0.177. The number of anilines is 3. The molecule has 9 rings (SSSR count). The van der Waals surface area contributed by atoms with Gasteiger partial charge in [-0.2, -0.15) is 0 Å². The van der Waals surface area contributed by atoms with E-state index in [2.05, 4.69) is 198 Å². The van der Waals surface area contributed by atoms with Crippen LogP contribution in [0.3, 0.4) is 0 Å². The van der Waals surface area contributed by atoms with Crippen molar-refractivity contribution in [2.75, 3.05) is 4.90 Å². The third-order valence-corrected chi connectivity index (χ3v) is 9.85. The summed E-state index contributed by atoms with van der Waals surface area (Å²) in [5, 5.41) is 4.89. The summed E-state index contributed by atoms with van der Waals surface area (Å²) < 4.78 is 2.37. The number of thiol groups is 1. The Morgan fingerprint density at radius 3 is 1.92 bits per heavy atom. The molecule has 0 aliphatic heterocycles. The molecule has 0 unspecified atom stereocenters. The maximum Gasteiger partial charge on any atom is 0.0542 e. The molecule has 0 N–H and O–H groups in total. The van der Waals surface area contributed by atoms with Crippen molar-refractivity contribution >= 4 is 62.3 Å². The number of aromatic nitrogens is 1. The van der Waals surface area contributed by atoms with Crippen LogP contribution in [-0.4, -0.2) is 4.57 Å². The number of hydrogen-bond donors (Lipinski definition) is 1. The lowest BCUT2D eigenvalue weighted by atomic mass is 9.98. The molecule has 232 valence electrons. The zero-order chi connectivity index (χ0) is 32.7. The van der Waals surface area contributed by atoms with Crippen LogP contribution in [-0.2, 0) is 0 Å². The Morgan fingerprint density at radius 1 is 0.408 bits per heavy atom. The zero-order valence-electron chi connectivity index (χ0n) is 26.7. The molecule has 0 aliphatic carbocycles. The average molecular weight is 645 g/mol. The summed E-state index contributed by atoms with van der Waals surface area (Å²) in [4.78, 5) is 3.34. The Bertz CT molecular complexity index is 2620. The van der Waals surface area contributed by atoms with E-state index in [0.29, 0.717) is 0 Å². The van der Waals surface area contributed by atoms with E-state index in [0.717, 1.165) is 44.3 Å². The number of fused-ring (bicyclic) bond motifs is 4. The highest BCUT2D eigenvalue weighted by molar-refractivity contribution is 7.80. The van der Waals surface area contributed by atoms with Gasteiger partial charge in [-0.15, -0.1) is 12.6 Å². The van der Waals surface area contributed by atoms with Gasteiger partial charge in [-0.1, -0.05) is 121 Å². The van der Waals surface area contributed by atoms with Crippen molar-refractivity contribution in [3.63, 3.8) is 0 Å². The smallest absolute Gasteiger partial charge is 0.0542 e. The van der Waals surface area contributed by atoms with Gasteiger partial charge in [0.2, 0.25) is 0 Å². The van der Waals surface area contributed by atoms with Crippen LogP contribution in [0.4, 0.5) is 17.1 Å². The summed E-state index contributed by atoms with van der Waals surface area (Å²) in [6.45, 7) is 0. The molecular formula is C46H32N2S. The minimum Gasteiger partial charge on any atom is -0.310 e. The lowest BCUT2D eigenvalue weighted by Gasteiger charge is -2.29. The molecule has 49 heavy (non-hydrogen) atoms.